The van der Waals surface area contributed by atoms with Crippen molar-refractivity contribution in [2.75, 3.05) is 0 Å². The van der Waals surface area contributed by atoms with Crippen LogP contribution in [0.4, 0.5) is 0 Å². The van der Waals surface area contributed by atoms with E-state index in [4.69, 9.17) is 0 Å². The summed E-state index contributed by atoms with van der Waals surface area (Å²) in [6.07, 6.45) is 3.59. The zero-order valence-electron chi connectivity index (χ0n) is 14.8. The third-order valence-corrected chi connectivity index (χ3v) is 4.52. The molecule has 0 spiro atoms. The van der Waals surface area contributed by atoms with Crippen molar-refractivity contribution in [3.05, 3.63) is 63.5 Å². The molecule has 0 unspecified atom stereocenters. The van der Waals surface area contributed by atoms with E-state index in [2.05, 4.69) is 17.6 Å². The second-order valence-electron chi connectivity index (χ2n) is 6.06. The number of hydrogen-bond acceptors (Lipinski definition) is 3. The molecule has 2 rings (SSSR count). The molecule has 1 aromatic carbocycles. The first-order chi connectivity index (χ1) is 12.0. The fourth-order valence-corrected chi connectivity index (χ4v) is 3.12. The lowest BCUT2D eigenvalue weighted by Gasteiger charge is -2.15. The molecule has 0 saturated heterocycles. The minimum absolute atomic E-state index is 0.0557. The summed E-state index contributed by atoms with van der Waals surface area (Å²) < 4.78 is 0. The lowest BCUT2D eigenvalue weighted by Crippen LogP contribution is -2.39. The Morgan fingerprint density at radius 2 is 2.04 bits per heavy atom. The molecular formula is C20H24N2O2S. The highest BCUT2D eigenvalue weighted by Gasteiger charge is 2.16. The molecule has 0 bridgehead atoms. The molecule has 0 aliphatic rings. The van der Waals surface area contributed by atoms with E-state index in [0.717, 1.165) is 23.3 Å². The zero-order valence-corrected chi connectivity index (χ0v) is 15.7. The van der Waals surface area contributed by atoms with E-state index < -0.39 is 0 Å². The molecule has 5 heteroatoms. The molecule has 0 aliphatic heterocycles. The molecule has 2 amide bonds. The van der Waals surface area contributed by atoms with Crippen molar-refractivity contribution >= 4 is 29.2 Å². The number of carbonyl (C=O) groups excluding carboxylic acids is 2. The molecular weight excluding hydrogens is 332 g/mol. The number of nitrogens with one attached hydrogen (secondary N) is 2. The number of amides is 2. The SMILES string of the molecule is CCC[C@H](C)NC(=O)/C(=C/c1cccs1)NC(=O)c1cccc(C)c1. The van der Waals surface area contributed by atoms with Crippen LogP contribution in [0.25, 0.3) is 6.08 Å². The van der Waals surface area contributed by atoms with E-state index in [-0.39, 0.29) is 23.6 Å². The van der Waals surface area contributed by atoms with Gasteiger partial charge in [-0.1, -0.05) is 37.1 Å². The van der Waals surface area contributed by atoms with Crippen LogP contribution in [0.2, 0.25) is 0 Å². The predicted octanol–water partition coefficient (Wildman–Crippen LogP) is 4.13. The topological polar surface area (TPSA) is 58.2 Å². The van der Waals surface area contributed by atoms with Crippen molar-refractivity contribution < 1.29 is 9.59 Å². The van der Waals surface area contributed by atoms with Gasteiger partial charge in [0.2, 0.25) is 0 Å². The summed E-state index contributed by atoms with van der Waals surface area (Å²) >= 11 is 1.52. The molecule has 1 heterocycles. The number of thiophene rings is 1. The first-order valence-corrected chi connectivity index (χ1v) is 9.31. The Morgan fingerprint density at radius 1 is 1.24 bits per heavy atom. The van der Waals surface area contributed by atoms with Gasteiger partial charge >= 0.3 is 0 Å². The summed E-state index contributed by atoms with van der Waals surface area (Å²) in [5.41, 5.74) is 1.79. The van der Waals surface area contributed by atoms with Crippen LogP contribution in [0.1, 0.15) is 47.5 Å². The Bertz CT molecular complexity index is 751. The average Bonchev–Trinajstić information content (AvgIpc) is 3.07. The van der Waals surface area contributed by atoms with Gasteiger partial charge in [-0.3, -0.25) is 9.59 Å². The molecule has 1 aromatic heterocycles. The van der Waals surface area contributed by atoms with Gasteiger partial charge in [0.15, 0.2) is 0 Å². The predicted molar refractivity (Wildman–Crippen MR) is 103 cm³/mol. The quantitative estimate of drug-likeness (QED) is 0.733. The first kappa shape index (κ1) is 18.9. The fourth-order valence-electron chi connectivity index (χ4n) is 2.46. The lowest BCUT2D eigenvalue weighted by atomic mass is 10.1. The van der Waals surface area contributed by atoms with Crippen molar-refractivity contribution in [1.29, 1.82) is 0 Å². The maximum atomic E-state index is 12.6. The largest absolute Gasteiger partial charge is 0.348 e. The summed E-state index contributed by atoms with van der Waals surface area (Å²) in [5, 5.41) is 7.64. The lowest BCUT2D eigenvalue weighted by molar-refractivity contribution is -0.118. The van der Waals surface area contributed by atoms with Crippen LogP contribution in [0.3, 0.4) is 0 Å². The van der Waals surface area contributed by atoms with Crippen LogP contribution in [0.15, 0.2) is 47.5 Å². The normalized spacial score (nSPS) is 12.5. The van der Waals surface area contributed by atoms with Crippen molar-refractivity contribution in [1.82, 2.24) is 10.6 Å². The molecule has 0 saturated carbocycles. The Labute approximate surface area is 153 Å². The molecule has 132 valence electrons. The van der Waals surface area contributed by atoms with Gasteiger partial charge in [-0.25, -0.2) is 0 Å². The van der Waals surface area contributed by atoms with E-state index in [9.17, 15) is 9.59 Å². The summed E-state index contributed by atoms with van der Waals surface area (Å²) in [6, 6.07) is 11.2. The molecule has 25 heavy (non-hydrogen) atoms. The summed E-state index contributed by atoms with van der Waals surface area (Å²) in [4.78, 5) is 26.0. The number of hydrogen-bond donors (Lipinski definition) is 2. The van der Waals surface area contributed by atoms with Crippen molar-refractivity contribution in [2.45, 2.75) is 39.7 Å². The third kappa shape index (κ3) is 5.87. The maximum Gasteiger partial charge on any atom is 0.268 e. The molecule has 4 nitrogen and oxygen atoms in total. The molecule has 2 aromatic rings. The minimum atomic E-state index is -0.287. The number of benzene rings is 1. The van der Waals surface area contributed by atoms with Crippen LogP contribution in [-0.2, 0) is 4.79 Å². The van der Waals surface area contributed by atoms with Gasteiger partial charge in [-0.2, -0.15) is 0 Å². The summed E-state index contributed by atoms with van der Waals surface area (Å²) in [6.45, 7) is 5.97. The van der Waals surface area contributed by atoms with Crippen LogP contribution in [0, 0.1) is 6.92 Å². The highest BCUT2D eigenvalue weighted by molar-refractivity contribution is 7.10. The van der Waals surface area contributed by atoms with Gasteiger partial charge < -0.3 is 10.6 Å². The number of aryl methyl sites for hydroxylation is 1. The van der Waals surface area contributed by atoms with Gasteiger partial charge in [0.1, 0.15) is 5.70 Å². The fraction of sp³-hybridized carbons (Fsp3) is 0.300. The number of rotatable bonds is 7. The van der Waals surface area contributed by atoms with Crippen molar-refractivity contribution in [2.24, 2.45) is 0 Å². The third-order valence-electron chi connectivity index (χ3n) is 3.70. The summed E-state index contributed by atoms with van der Waals surface area (Å²) in [7, 11) is 0. The van der Waals surface area contributed by atoms with Gasteiger partial charge in [-0.05, 0) is 49.9 Å². The Balaban J connectivity index is 2.20. The second kappa shape index (κ2) is 9.18. The van der Waals surface area contributed by atoms with Gasteiger partial charge in [-0.15, -0.1) is 11.3 Å². The Hall–Kier alpha value is -2.40. The molecule has 2 N–H and O–H groups in total. The maximum absolute atomic E-state index is 12.6. The van der Waals surface area contributed by atoms with Gasteiger partial charge in [0.05, 0.1) is 0 Å². The zero-order chi connectivity index (χ0) is 18.2. The average molecular weight is 356 g/mol. The van der Waals surface area contributed by atoms with E-state index in [0.29, 0.717) is 5.56 Å². The van der Waals surface area contributed by atoms with Crippen LogP contribution < -0.4 is 10.6 Å². The monoisotopic (exact) mass is 356 g/mol. The first-order valence-electron chi connectivity index (χ1n) is 8.43. The van der Waals surface area contributed by atoms with Crippen LogP contribution >= 0.6 is 11.3 Å². The highest BCUT2D eigenvalue weighted by Crippen LogP contribution is 2.14. The minimum Gasteiger partial charge on any atom is -0.348 e. The molecule has 1 atom stereocenters. The van der Waals surface area contributed by atoms with Gasteiger partial charge in [0, 0.05) is 16.5 Å². The number of carbonyl (C=O) groups is 2. The summed E-state index contributed by atoms with van der Waals surface area (Å²) in [5.74, 6) is -0.555. The highest BCUT2D eigenvalue weighted by atomic mass is 32.1. The molecule has 0 fully saturated rings. The van der Waals surface area contributed by atoms with Crippen LogP contribution in [0.5, 0.6) is 0 Å². The van der Waals surface area contributed by atoms with Crippen molar-refractivity contribution in [3.8, 4) is 0 Å². The molecule has 0 radical (unpaired) electrons. The smallest absolute Gasteiger partial charge is 0.268 e. The van der Waals surface area contributed by atoms with Crippen molar-refractivity contribution in [3.63, 3.8) is 0 Å². The Morgan fingerprint density at radius 3 is 2.68 bits per heavy atom. The van der Waals surface area contributed by atoms with Crippen LogP contribution in [-0.4, -0.2) is 17.9 Å². The van der Waals surface area contributed by atoms with E-state index >= 15 is 0 Å². The standard InChI is InChI=1S/C20H24N2O2S/c1-4-7-15(3)21-20(24)18(13-17-10-6-11-25-17)22-19(23)16-9-5-8-14(2)12-16/h5-6,8-13,15H,4,7H2,1-3H3,(H,21,24)(H,22,23)/b18-13-/t15-/m0/s1. The second-order valence-corrected chi connectivity index (χ2v) is 7.04. The van der Waals surface area contributed by atoms with Gasteiger partial charge in [0.25, 0.3) is 11.8 Å². The molecule has 0 aliphatic carbocycles. The van der Waals surface area contributed by atoms with E-state index in [1.807, 2.05) is 43.5 Å². The van der Waals surface area contributed by atoms with E-state index in [1.165, 1.54) is 11.3 Å². The Kier molecular flexibility index (Phi) is 6.95. The van der Waals surface area contributed by atoms with E-state index in [1.54, 1.807) is 18.2 Å².